The molecule has 2 heterocycles. The molecule has 1 aliphatic rings. The molecule has 1 amide bonds. The van der Waals surface area contributed by atoms with Gasteiger partial charge in [0.1, 0.15) is 0 Å². The lowest BCUT2D eigenvalue weighted by atomic mass is 10.0. The van der Waals surface area contributed by atoms with E-state index in [1.165, 1.54) is 16.8 Å². The number of hydrogen-bond donors (Lipinski definition) is 0. The van der Waals surface area contributed by atoms with E-state index in [0.717, 1.165) is 29.7 Å². The Morgan fingerprint density at radius 2 is 1.77 bits per heavy atom. The molecule has 0 bridgehead atoms. The van der Waals surface area contributed by atoms with Gasteiger partial charge in [-0.2, -0.15) is 5.10 Å². The van der Waals surface area contributed by atoms with Crippen molar-refractivity contribution in [3.63, 3.8) is 0 Å². The SMILES string of the molecule is C[C@H](OC(=O)c1ccc(=O)n(Cc2ccccc2)n1)C(=O)N1CCCc2ccccc21. The predicted molar refractivity (Wildman–Crippen MR) is 116 cm³/mol. The van der Waals surface area contributed by atoms with E-state index in [-0.39, 0.29) is 23.7 Å². The predicted octanol–water partition coefficient (Wildman–Crippen LogP) is 2.82. The van der Waals surface area contributed by atoms with Crippen LogP contribution in [0.4, 0.5) is 5.69 Å². The summed E-state index contributed by atoms with van der Waals surface area (Å²) in [6.45, 7) is 2.37. The number of esters is 1. The van der Waals surface area contributed by atoms with Crippen LogP contribution in [0.2, 0.25) is 0 Å². The molecule has 1 atom stereocenters. The fraction of sp³-hybridized carbons (Fsp3) is 0.250. The second-order valence-corrected chi connectivity index (χ2v) is 7.47. The Hall–Kier alpha value is -3.74. The van der Waals surface area contributed by atoms with Crippen LogP contribution in [0.15, 0.2) is 71.5 Å². The third-order valence-electron chi connectivity index (χ3n) is 5.26. The van der Waals surface area contributed by atoms with Crippen molar-refractivity contribution >= 4 is 17.6 Å². The molecule has 0 radical (unpaired) electrons. The van der Waals surface area contributed by atoms with Crippen molar-refractivity contribution in [2.24, 2.45) is 0 Å². The fourth-order valence-electron chi connectivity index (χ4n) is 3.68. The molecule has 3 aromatic rings. The first-order chi connectivity index (χ1) is 15.0. The number of aryl methyl sites for hydroxylation is 1. The number of carbonyl (C=O) groups excluding carboxylic acids is 2. The molecular formula is C24H23N3O4. The highest BCUT2D eigenvalue weighted by molar-refractivity contribution is 5.99. The van der Waals surface area contributed by atoms with E-state index >= 15 is 0 Å². The number of rotatable bonds is 5. The highest BCUT2D eigenvalue weighted by atomic mass is 16.5. The zero-order valence-corrected chi connectivity index (χ0v) is 17.2. The van der Waals surface area contributed by atoms with Gasteiger partial charge >= 0.3 is 5.97 Å². The number of para-hydroxylation sites is 1. The molecule has 4 rings (SSSR count). The second-order valence-electron chi connectivity index (χ2n) is 7.47. The van der Waals surface area contributed by atoms with E-state index in [9.17, 15) is 14.4 Å². The van der Waals surface area contributed by atoms with Crippen molar-refractivity contribution in [3.05, 3.63) is 93.9 Å². The van der Waals surface area contributed by atoms with Crippen LogP contribution in [0.3, 0.4) is 0 Å². The molecule has 1 aliphatic heterocycles. The summed E-state index contributed by atoms with van der Waals surface area (Å²) in [4.78, 5) is 39.4. The largest absolute Gasteiger partial charge is 0.448 e. The molecule has 7 nitrogen and oxygen atoms in total. The average Bonchev–Trinajstić information content (AvgIpc) is 2.80. The lowest BCUT2D eigenvalue weighted by Crippen LogP contribution is -2.43. The van der Waals surface area contributed by atoms with Crippen molar-refractivity contribution in [1.82, 2.24) is 9.78 Å². The van der Waals surface area contributed by atoms with E-state index in [0.29, 0.717) is 6.54 Å². The number of aromatic nitrogens is 2. The minimum atomic E-state index is -0.977. The summed E-state index contributed by atoms with van der Waals surface area (Å²) in [5, 5.41) is 4.13. The van der Waals surface area contributed by atoms with Crippen molar-refractivity contribution in [3.8, 4) is 0 Å². The normalized spacial score (nSPS) is 13.9. The van der Waals surface area contributed by atoms with Gasteiger partial charge in [-0.3, -0.25) is 9.59 Å². The minimum Gasteiger partial charge on any atom is -0.448 e. The van der Waals surface area contributed by atoms with Gasteiger partial charge in [0.15, 0.2) is 11.8 Å². The van der Waals surface area contributed by atoms with E-state index in [1.54, 1.807) is 11.8 Å². The van der Waals surface area contributed by atoms with Gasteiger partial charge in [0.05, 0.1) is 6.54 Å². The van der Waals surface area contributed by atoms with Gasteiger partial charge < -0.3 is 9.64 Å². The summed E-state index contributed by atoms with van der Waals surface area (Å²) < 4.78 is 6.61. The molecule has 0 fully saturated rings. The number of ether oxygens (including phenoxy) is 1. The molecule has 0 spiro atoms. The fourth-order valence-corrected chi connectivity index (χ4v) is 3.68. The molecule has 0 N–H and O–H groups in total. The molecule has 158 valence electrons. The second kappa shape index (κ2) is 8.95. The Morgan fingerprint density at radius 3 is 2.58 bits per heavy atom. The Kier molecular flexibility index (Phi) is 5.93. The van der Waals surface area contributed by atoms with Crippen LogP contribution in [0.25, 0.3) is 0 Å². The first-order valence-corrected chi connectivity index (χ1v) is 10.3. The van der Waals surface area contributed by atoms with Crippen molar-refractivity contribution in [2.45, 2.75) is 32.4 Å². The van der Waals surface area contributed by atoms with Crippen LogP contribution in [0, 0.1) is 0 Å². The highest BCUT2D eigenvalue weighted by Gasteiger charge is 2.29. The van der Waals surface area contributed by atoms with Gasteiger partial charge in [0.2, 0.25) is 0 Å². The quantitative estimate of drug-likeness (QED) is 0.597. The number of benzene rings is 2. The first kappa shape index (κ1) is 20.5. The van der Waals surface area contributed by atoms with Gasteiger partial charge in [-0.05, 0) is 43.0 Å². The minimum absolute atomic E-state index is 0.0192. The van der Waals surface area contributed by atoms with E-state index in [1.807, 2.05) is 54.6 Å². The Balaban J connectivity index is 1.48. The summed E-state index contributed by atoms with van der Waals surface area (Å²) in [5.41, 5.74) is 2.50. The summed E-state index contributed by atoms with van der Waals surface area (Å²) in [6.07, 6.45) is 0.797. The van der Waals surface area contributed by atoms with Crippen LogP contribution in [0.1, 0.15) is 35.0 Å². The third kappa shape index (κ3) is 4.55. The molecule has 0 saturated carbocycles. The van der Waals surface area contributed by atoms with Crippen LogP contribution in [-0.2, 0) is 22.5 Å². The summed E-state index contributed by atoms with van der Waals surface area (Å²) in [7, 11) is 0. The number of fused-ring (bicyclic) bond motifs is 1. The third-order valence-corrected chi connectivity index (χ3v) is 5.26. The number of nitrogens with zero attached hydrogens (tertiary/aromatic N) is 3. The summed E-state index contributed by atoms with van der Waals surface area (Å²) in [5.74, 6) is -1.02. The van der Waals surface area contributed by atoms with Crippen molar-refractivity contribution in [1.29, 1.82) is 0 Å². The number of carbonyl (C=O) groups is 2. The van der Waals surface area contributed by atoms with Crippen molar-refractivity contribution < 1.29 is 14.3 Å². The van der Waals surface area contributed by atoms with Crippen LogP contribution >= 0.6 is 0 Å². The van der Waals surface area contributed by atoms with Gasteiger partial charge in [-0.1, -0.05) is 48.5 Å². The van der Waals surface area contributed by atoms with E-state index in [4.69, 9.17) is 4.74 Å². The molecule has 1 aromatic heterocycles. The molecule has 7 heteroatoms. The maximum atomic E-state index is 13.0. The molecular weight excluding hydrogens is 394 g/mol. The van der Waals surface area contributed by atoms with Crippen LogP contribution < -0.4 is 10.5 Å². The standard InChI is InChI=1S/C24H23N3O4/c1-17(23(29)26-15-7-11-19-10-5-6-12-21(19)26)31-24(30)20-13-14-22(28)27(25-20)16-18-8-3-2-4-9-18/h2-6,8-10,12-14,17H,7,11,15-16H2,1H3/t17-/m0/s1. The monoisotopic (exact) mass is 417 g/mol. The summed E-state index contributed by atoms with van der Waals surface area (Å²) in [6, 6.07) is 19.7. The Bertz CT molecular complexity index is 1160. The topological polar surface area (TPSA) is 81.5 Å². The maximum absolute atomic E-state index is 13.0. The number of hydrogen-bond acceptors (Lipinski definition) is 5. The molecule has 31 heavy (non-hydrogen) atoms. The lowest BCUT2D eigenvalue weighted by molar-refractivity contribution is -0.126. The van der Waals surface area contributed by atoms with Gasteiger partial charge in [0.25, 0.3) is 11.5 Å². The zero-order valence-electron chi connectivity index (χ0n) is 17.2. The number of amides is 1. The maximum Gasteiger partial charge on any atom is 0.359 e. The smallest absolute Gasteiger partial charge is 0.359 e. The summed E-state index contributed by atoms with van der Waals surface area (Å²) >= 11 is 0. The Labute approximate surface area is 179 Å². The molecule has 2 aromatic carbocycles. The molecule has 0 aliphatic carbocycles. The first-order valence-electron chi connectivity index (χ1n) is 10.3. The molecule has 0 saturated heterocycles. The molecule has 0 unspecified atom stereocenters. The van der Waals surface area contributed by atoms with E-state index in [2.05, 4.69) is 5.10 Å². The zero-order chi connectivity index (χ0) is 21.8. The lowest BCUT2D eigenvalue weighted by Gasteiger charge is -2.31. The number of anilines is 1. The van der Waals surface area contributed by atoms with Gasteiger partial charge in [-0.25, -0.2) is 9.48 Å². The Morgan fingerprint density at radius 1 is 1.03 bits per heavy atom. The highest BCUT2D eigenvalue weighted by Crippen LogP contribution is 2.27. The average molecular weight is 417 g/mol. The van der Waals surface area contributed by atoms with Gasteiger partial charge in [0, 0.05) is 18.3 Å². The van der Waals surface area contributed by atoms with Crippen molar-refractivity contribution in [2.75, 3.05) is 11.4 Å². The van der Waals surface area contributed by atoms with Crippen LogP contribution in [0.5, 0.6) is 0 Å². The van der Waals surface area contributed by atoms with Crippen LogP contribution in [-0.4, -0.2) is 34.3 Å². The van der Waals surface area contributed by atoms with E-state index < -0.39 is 12.1 Å². The van der Waals surface area contributed by atoms with Gasteiger partial charge in [-0.15, -0.1) is 0 Å².